The molecular weight excluding hydrogens is 504 g/mol. The van der Waals surface area contributed by atoms with Gasteiger partial charge in [-0.3, -0.25) is 9.69 Å². The highest BCUT2D eigenvalue weighted by molar-refractivity contribution is 5.93. The topological polar surface area (TPSA) is 153 Å². The number of ether oxygens (including phenoxy) is 5. The van der Waals surface area contributed by atoms with Gasteiger partial charge in [0.1, 0.15) is 17.1 Å². The number of hydrogen-bond donors (Lipinski definition) is 0. The summed E-state index contributed by atoms with van der Waals surface area (Å²) in [4.78, 5) is 53.0. The predicted molar refractivity (Wildman–Crippen MR) is 129 cm³/mol. The molecule has 3 rings (SSSR count). The van der Waals surface area contributed by atoms with Crippen LogP contribution in [0.4, 0.5) is 0 Å². The summed E-state index contributed by atoms with van der Waals surface area (Å²) in [7, 11) is 0. The van der Waals surface area contributed by atoms with E-state index >= 15 is 0 Å². The molecule has 0 aromatic heterocycles. The zero-order chi connectivity index (χ0) is 27.3. The number of rotatable bonds is 13. The van der Waals surface area contributed by atoms with Crippen molar-refractivity contribution in [3.05, 3.63) is 69.3 Å². The number of carbonyl (C=O) groups is 3. The number of para-hydroxylation sites is 1. The Balaban J connectivity index is 1.61. The van der Waals surface area contributed by atoms with Gasteiger partial charge in [-0.2, -0.15) is 0 Å². The third kappa shape index (κ3) is 9.01. The molecule has 0 radical (unpaired) electrons. The lowest BCUT2D eigenvalue weighted by atomic mass is 10.1. The molecule has 38 heavy (non-hydrogen) atoms. The van der Waals surface area contributed by atoms with Crippen molar-refractivity contribution in [3.8, 4) is 11.5 Å². The molecule has 204 valence electrons. The van der Waals surface area contributed by atoms with Crippen LogP contribution in [0.3, 0.4) is 0 Å². The van der Waals surface area contributed by atoms with Gasteiger partial charge in [0.05, 0.1) is 32.0 Å². The van der Waals surface area contributed by atoms with E-state index in [1.165, 1.54) is 25.1 Å². The lowest BCUT2D eigenvalue weighted by molar-refractivity contribution is -0.757. The smallest absolute Gasteiger partial charge is 0.344 e. The molecule has 0 N–H and O–H groups in total. The molecule has 13 nitrogen and oxygen atoms in total. The fourth-order valence-electron chi connectivity index (χ4n) is 3.50. The first kappa shape index (κ1) is 28.3. The lowest BCUT2D eigenvalue weighted by Crippen LogP contribution is -2.35. The summed E-state index contributed by atoms with van der Waals surface area (Å²) in [5, 5.41) is 9.45. The van der Waals surface area contributed by atoms with Gasteiger partial charge in [0, 0.05) is 38.5 Å². The van der Waals surface area contributed by atoms with Crippen molar-refractivity contribution in [2.75, 3.05) is 46.3 Å². The highest BCUT2D eigenvalue weighted by Crippen LogP contribution is 2.24. The van der Waals surface area contributed by atoms with Crippen LogP contribution in [0.15, 0.2) is 42.5 Å². The zero-order valence-corrected chi connectivity index (χ0v) is 20.8. The normalized spacial score (nSPS) is 13.3. The van der Waals surface area contributed by atoms with Crippen molar-refractivity contribution >= 4 is 17.9 Å². The lowest BCUT2D eigenvalue weighted by Gasteiger charge is -2.27. The van der Waals surface area contributed by atoms with Crippen LogP contribution in [0.2, 0.25) is 0 Å². The molecule has 13 heteroatoms. The van der Waals surface area contributed by atoms with Crippen LogP contribution in [-0.4, -0.2) is 74.2 Å². The number of nitrogens with zero attached hydrogens (tertiary/aromatic N) is 2. The van der Waals surface area contributed by atoms with Crippen LogP contribution in [0, 0.1) is 10.1 Å². The van der Waals surface area contributed by atoms with E-state index in [2.05, 4.69) is 9.74 Å². The van der Waals surface area contributed by atoms with Crippen LogP contribution in [-0.2, 0) is 30.4 Å². The standard InChI is InChI=1S/C25H28N2O11/c1-18(28)38-22-6-3-2-5-21(22)25(30)36-17-35-24(29)19-7-8-20(16-26-9-13-33-14-10-26)23(15-19)34-11-4-12-37-27(31)32/h2-3,5-8,15H,4,9-14,16-17H2,1H3. The van der Waals surface area contributed by atoms with E-state index in [1.54, 1.807) is 24.3 Å². The molecule has 2 aromatic rings. The Morgan fingerprint density at radius 1 is 1.00 bits per heavy atom. The largest absolute Gasteiger partial charge is 0.493 e. The van der Waals surface area contributed by atoms with Gasteiger partial charge in [-0.15, -0.1) is 10.1 Å². The number of hydrogen-bond acceptors (Lipinski definition) is 12. The van der Waals surface area contributed by atoms with Gasteiger partial charge in [0.2, 0.25) is 6.79 Å². The Hall–Kier alpha value is -4.23. The SMILES string of the molecule is CC(=O)Oc1ccccc1C(=O)OCOC(=O)c1ccc(CN2CCOCC2)c(OCCCO[N+](=O)[O-])c1. The maximum absolute atomic E-state index is 12.6. The number of benzene rings is 2. The Kier molecular flexibility index (Phi) is 10.8. The second-order valence-corrected chi connectivity index (χ2v) is 8.04. The minimum atomic E-state index is -0.873. The Morgan fingerprint density at radius 2 is 1.74 bits per heavy atom. The Labute approximate surface area is 218 Å². The van der Waals surface area contributed by atoms with Crippen molar-refractivity contribution in [2.24, 2.45) is 0 Å². The molecule has 2 aromatic carbocycles. The van der Waals surface area contributed by atoms with Gasteiger partial charge >= 0.3 is 17.9 Å². The molecule has 1 saturated heterocycles. The highest BCUT2D eigenvalue weighted by Gasteiger charge is 2.18. The quantitative estimate of drug-likeness (QED) is 0.0929. The molecule has 1 heterocycles. The Bertz CT molecular complexity index is 1130. The average Bonchev–Trinajstić information content (AvgIpc) is 2.89. The first-order valence-corrected chi connectivity index (χ1v) is 11.8. The van der Waals surface area contributed by atoms with E-state index in [0.29, 0.717) is 25.5 Å². The van der Waals surface area contributed by atoms with Gasteiger partial charge in [0.25, 0.3) is 5.09 Å². The van der Waals surface area contributed by atoms with Gasteiger partial charge < -0.3 is 28.5 Å². The molecular formula is C25H28N2O11. The maximum atomic E-state index is 12.6. The molecule has 0 aliphatic carbocycles. The van der Waals surface area contributed by atoms with Crippen molar-refractivity contribution in [1.29, 1.82) is 0 Å². The molecule has 1 aliphatic heterocycles. The van der Waals surface area contributed by atoms with E-state index in [0.717, 1.165) is 18.7 Å². The summed E-state index contributed by atoms with van der Waals surface area (Å²) in [6.07, 6.45) is 0.261. The maximum Gasteiger partial charge on any atom is 0.344 e. The second-order valence-electron chi connectivity index (χ2n) is 8.04. The van der Waals surface area contributed by atoms with Crippen LogP contribution < -0.4 is 9.47 Å². The molecule has 0 saturated carbocycles. The van der Waals surface area contributed by atoms with Crippen LogP contribution in [0.25, 0.3) is 0 Å². The van der Waals surface area contributed by atoms with Gasteiger partial charge in [0.15, 0.2) is 0 Å². The van der Waals surface area contributed by atoms with Gasteiger partial charge in [-0.25, -0.2) is 9.59 Å². The van der Waals surface area contributed by atoms with Crippen molar-refractivity contribution in [3.63, 3.8) is 0 Å². The van der Waals surface area contributed by atoms with E-state index in [-0.39, 0.29) is 36.5 Å². The molecule has 0 atom stereocenters. The van der Waals surface area contributed by atoms with Crippen molar-refractivity contribution in [2.45, 2.75) is 19.9 Å². The number of morpholine rings is 1. The van der Waals surface area contributed by atoms with E-state index in [1.807, 2.05) is 0 Å². The number of carbonyl (C=O) groups excluding carboxylic acids is 3. The summed E-state index contributed by atoms with van der Waals surface area (Å²) >= 11 is 0. The third-order valence-electron chi connectivity index (χ3n) is 5.28. The van der Waals surface area contributed by atoms with Crippen molar-refractivity contribution < 1.29 is 48.0 Å². The number of esters is 3. The van der Waals surface area contributed by atoms with E-state index in [4.69, 9.17) is 23.7 Å². The Morgan fingerprint density at radius 3 is 2.47 bits per heavy atom. The summed E-state index contributed by atoms with van der Waals surface area (Å²) in [6, 6.07) is 10.8. The molecule has 0 bridgehead atoms. The summed E-state index contributed by atoms with van der Waals surface area (Å²) in [5.74, 6) is -1.75. The minimum Gasteiger partial charge on any atom is -0.493 e. The fraction of sp³-hybridized carbons (Fsp3) is 0.400. The summed E-state index contributed by atoms with van der Waals surface area (Å²) in [5.41, 5.74) is 0.971. The minimum absolute atomic E-state index is 0.00274. The molecule has 1 aliphatic rings. The van der Waals surface area contributed by atoms with Crippen LogP contribution >= 0.6 is 0 Å². The van der Waals surface area contributed by atoms with E-state index in [9.17, 15) is 24.5 Å². The monoisotopic (exact) mass is 532 g/mol. The summed E-state index contributed by atoms with van der Waals surface area (Å²) in [6.45, 7) is 3.80. The van der Waals surface area contributed by atoms with Crippen LogP contribution in [0.5, 0.6) is 11.5 Å². The second kappa shape index (κ2) is 14.5. The first-order valence-electron chi connectivity index (χ1n) is 11.8. The molecule has 0 unspecified atom stereocenters. The zero-order valence-electron chi connectivity index (χ0n) is 20.8. The third-order valence-corrected chi connectivity index (χ3v) is 5.28. The molecule has 1 fully saturated rings. The summed E-state index contributed by atoms with van der Waals surface area (Å²) < 4.78 is 26.3. The van der Waals surface area contributed by atoms with E-state index < -0.39 is 29.8 Å². The average molecular weight is 533 g/mol. The first-order chi connectivity index (χ1) is 18.3. The molecule has 0 spiro atoms. The molecule has 0 amide bonds. The van der Waals surface area contributed by atoms with Crippen molar-refractivity contribution in [1.82, 2.24) is 4.90 Å². The van der Waals surface area contributed by atoms with Crippen LogP contribution in [0.1, 0.15) is 39.6 Å². The van der Waals surface area contributed by atoms with Gasteiger partial charge in [-0.1, -0.05) is 18.2 Å². The predicted octanol–water partition coefficient (Wildman–Crippen LogP) is 2.39. The van der Waals surface area contributed by atoms with Gasteiger partial charge in [-0.05, 0) is 24.3 Å². The highest BCUT2D eigenvalue weighted by atomic mass is 16.9. The fourth-order valence-corrected chi connectivity index (χ4v) is 3.50.